The van der Waals surface area contributed by atoms with Gasteiger partial charge in [0.1, 0.15) is 0 Å². The summed E-state index contributed by atoms with van der Waals surface area (Å²) in [6.07, 6.45) is 0.537. The lowest BCUT2D eigenvalue weighted by atomic mass is 9.99. The number of hydrazone groups is 1. The van der Waals surface area contributed by atoms with E-state index in [0.717, 1.165) is 27.3 Å². The number of aryl methyl sites for hydroxylation is 1. The van der Waals surface area contributed by atoms with Gasteiger partial charge in [-0.25, -0.2) is 5.01 Å². The van der Waals surface area contributed by atoms with E-state index in [9.17, 15) is 9.59 Å². The third-order valence-electron chi connectivity index (χ3n) is 7.75. The first-order valence-electron chi connectivity index (χ1n) is 15.0. The van der Waals surface area contributed by atoms with Crippen LogP contribution >= 0.6 is 23.1 Å². The van der Waals surface area contributed by atoms with E-state index in [-0.39, 0.29) is 30.2 Å². The zero-order valence-corrected chi connectivity index (χ0v) is 27.9. The smallest absolute Gasteiger partial charge is 0.253 e. The predicted octanol–water partition coefficient (Wildman–Crippen LogP) is 6.11. The van der Waals surface area contributed by atoms with Crippen LogP contribution in [-0.4, -0.2) is 57.3 Å². The van der Waals surface area contributed by atoms with Crippen LogP contribution in [0.5, 0.6) is 11.5 Å². The third kappa shape index (κ3) is 7.23. The number of ether oxygens (including phenoxy) is 2. The monoisotopic (exact) mass is 666 g/mol. The van der Waals surface area contributed by atoms with Crippen molar-refractivity contribution in [2.24, 2.45) is 5.10 Å². The molecule has 0 fully saturated rings. The molecule has 0 spiro atoms. The van der Waals surface area contributed by atoms with E-state index >= 15 is 0 Å². The summed E-state index contributed by atoms with van der Waals surface area (Å²) in [6, 6.07) is 26.7. The zero-order chi connectivity index (χ0) is 32.8. The summed E-state index contributed by atoms with van der Waals surface area (Å²) in [4.78, 5) is 27.9. The highest BCUT2D eigenvalue weighted by molar-refractivity contribution is 7.99. The van der Waals surface area contributed by atoms with Crippen molar-refractivity contribution in [2.75, 3.05) is 20.0 Å². The Bertz CT molecular complexity index is 1890. The lowest BCUT2D eigenvalue weighted by Gasteiger charge is -2.24. The molecule has 0 aliphatic carbocycles. The van der Waals surface area contributed by atoms with Crippen LogP contribution in [0.2, 0.25) is 0 Å². The molecule has 3 aromatic carbocycles. The minimum atomic E-state index is -0.375. The fourth-order valence-corrected chi connectivity index (χ4v) is 7.00. The normalized spacial score (nSPS) is 14.1. The van der Waals surface area contributed by atoms with Crippen LogP contribution in [0.3, 0.4) is 0 Å². The van der Waals surface area contributed by atoms with E-state index < -0.39 is 0 Å². The SMILES string of the molecule is COc1cccc(C2CC(c3cccs3)=NN2C(=O)CSc2nnc(CNC(=O)c3cccc(C)c3)n2Cc2ccccc2)c1OC. The first kappa shape index (κ1) is 32.0. The molecule has 6 rings (SSSR count). The number of carbonyl (C=O) groups excluding carboxylic acids is 2. The second-order valence-corrected chi connectivity index (χ2v) is 12.8. The van der Waals surface area contributed by atoms with Crippen LogP contribution < -0.4 is 14.8 Å². The van der Waals surface area contributed by atoms with Crippen LogP contribution in [0.15, 0.2) is 101 Å². The standard InChI is InChI=1S/C35H34N6O4S2/c1-23-10-7-13-25(18-23)34(43)36-20-31-37-38-35(40(31)21-24-11-5-4-6-12-24)47-22-32(42)41-28(19-27(39-41)30-16-9-17-46-30)26-14-8-15-29(44-2)33(26)45-3/h4-18,28H,19-22H2,1-3H3,(H,36,43). The number of carbonyl (C=O) groups is 2. The fraction of sp³-hybridized carbons (Fsp3) is 0.229. The molecule has 2 amide bonds. The van der Waals surface area contributed by atoms with Gasteiger partial charge in [-0.3, -0.25) is 9.59 Å². The third-order valence-corrected chi connectivity index (χ3v) is 9.62. The Labute approximate surface area is 281 Å². The van der Waals surface area contributed by atoms with Crippen molar-refractivity contribution in [3.63, 3.8) is 0 Å². The highest BCUT2D eigenvalue weighted by Gasteiger charge is 2.36. The molecule has 0 radical (unpaired) electrons. The van der Waals surface area contributed by atoms with Crippen molar-refractivity contribution in [1.29, 1.82) is 0 Å². The molecule has 1 aliphatic rings. The number of methoxy groups -OCH3 is 2. The molecule has 12 heteroatoms. The van der Waals surface area contributed by atoms with Crippen LogP contribution in [0.25, 0.3) is 0 Å². The summed E-state index contributed by atoms with van der Waals surface area (Å²) in [5, 5.41) is 20.8. The lowest BCUT2D eigenvalue weighted by Crippen LogP contribution is -2.29. The largest absolute Gasteiger partial charge is 0.493 e. The van der Waals surface area contributed by atoms with Gasteiger partial charge in [0.15, 0.2) is 22.5 Å². The van der Waals surface area contributed by atoms with Gasteiger partial charge in [0.2, 0.25) is 0 Å². The molecule has 1 atom stereocenters. The number of rotatable bonds is 12. The molecule has 1 aliphatic heterocycles. The van der Waals surface area contributed by atoms with Crippen LogP contribution in [0.4, 0.5) is 0 Å². The molecule has 0 bridgehead atoms. The Balaban J connectivity index is 1.24. The van der Waals surface area contributed by atoms with Gasteiger partial charge in [-0.15, -0.1) is 21.5 Å². The topological polar surface area (TPSA) is 111 Å². The number of nitrogens with one attached hydrogen (secondary N) is 1. The number of thiophene rings is 1. The predicted molar refractivity (Wildman–Crippen MR) is 183 cm³/mol. The van der Waals surface area contributed by atoms with Gasteiger partial charge in [0.05, 0.1) is 49.7 Å². The van der Waals surface area contributed by atoms with E-state index in [1.807, 2.05) is 95.7 Å². The summed E-state index contributed by atoms with van der Waals surface area (Å²) in [5.41, 5.74) is 4.29. The Morgan fingerprint density at radius 2 is 1.81 bits per heavy atom. The maximum atomic E-state index is 14.0. The number of hydrogen-bond donors (Lipinski definition) is 1. The summed E-state index contributed by atoms with van der Waals surface area (Å²) >= 11 is 2.88. The van der Waals surface area contributed by atoms with Crippen LogP contribution in [0, 0.1) is 6.92 Å². The number of amides is 2. The molecule has 0 saturated heterocycles. The Morgan fingerprint density at radius 3 is 2.55 bits per heavy atom. The van der Waals surface area contributed by atoms with E-state index in [0.29, 0.717) is 41.0 Å². The average Bonchev–Trinajstić information content (AvgIpc) is 3.87. The van der Waals surface area contributed by atoms with Gasteiger partial charge in [0.25, 0.3) is 11.8 Å². The van der Waals surface area contributed by atoms with Crippen molar-refractivity contribution >= 4 is 40.6 Å². The quantitative estimate of drug-likeness (QED) is 0.160. The minimum Gasteiger partial charge on any atom is -0.493 e. The van der Waals surface area contributed by atoms with Gasteiger partial charge in [-0.2, -0.15) is 5.10 Å². The van der Waals surface area contributed by atoms with Crippen molar-refractivity contribution in [1.82, 2.24) is 25.1 Å². The Morgan fingerprint density at radius 1 is 0.979 bits per heavy atom. The highest BCUT2D eigenvalue weighted by atomic mass is 32.2. The maximum Gasteiger partial charge on any atom is 0.253 e. The second kappa shape index (κ2) is 14.7. The average molecular weight is 667 g/mol. The molecular formula is C35H34N6O4S2. The Kier molecular flexibility index (Phi) is 9.98. The molecule has 47 heavy (non-hydrogen) atoms. The number of para-hydroxylation sites is 1. The van der Waals surface area contributed by atoms with Crippen molar-refractivity contribution < 1.29 is 19.1 Å². The molecule has 1 N–H and O–H groups in total. The summed E-state index contributed by atoms with van der Waals surface area (Å²) < 4.78 is 13.2. The minimum absolute atomic E-state index is 0.0760. The number of aromatic nitrogens is 3. The molecule has 0 saturated carbocycles. The van der Waals surface area contributed by atoms with Crippen molar-refractivity contribution in [3.8, 4) is 11.5 Å². The van der Waals surface area contributed by atoms with Gasteiger partial charge < -0.3 is 19.4 Å². The highest BCUT2D eigenvalue weighted by Crippen LogP contribution is 2.42. The number of thioether (sulfide) groups is 1. The van der Waals surface area contributed by atoms with Crippen molar-refractivity contribution in [3.05, 3.63) is 123 Å². The van der Waals surface area contributed by atoms with E-state index in [1.54, 1.807) is 36.6 Å². The van der Waals surface area contributed by atoms with E-state index in [1.165, 1.54) is 11.8 Å². The number of benzene rings is 3. The second-order valence-electron chi connectivity index (χ2n) is 10.9. The molecule has 2 aromatic heterocycles. The summed E-state index contributed by atoms with van der Waals surface area (Å²) in [5.74, 6) is 1.45. The lowest BCUT2D eigenvalue weighted by molar-refractivity contribution is -0.130. The molecule has 240 valence electrons. The molecular weight excluding hydrogens is 633 g/mol. The van der Waals surface area contributed by atoms with Gasteiger partial charge in [-0.05, 0) is 42.1 Å². The zero-order valence-electron chi connectivity index (χ0n) is 26.3. The van der Waals surface area contributed by atoms with E-state index in [2.05, 4.69) is 15.5 Å². The van der Waals surface area contributed by atoms with Crippen LogP contribution in [0.1, 0.15) is 50.2 Å². The van der Waals surface area contributed by atoms with Crippen LogP contribution in [-0.2, 0) is 17.9 Å². The fourth-order valence-electron chi connectivity index (χ4n) is 5.47. The Hall–Kier alpha value is -4.94. The van der Waals surface area contributed by atoms with Gasteiger partial charge in [-0.1, -0.05) is 78.0 Å². The first-order valence-corrected chi connectivity index (χ1v) is 16.9. The summed E-state index contributed by atoms with van der Waals surface area (Å²) in [6.45, 7) is 2.61. The van der Waals surface area contributed by atoms with Gasteiger partial charge >= 0.3 is 0 Å². The molecule has 1 unspecified atom stereocenters. The van der Waals surface area contributed by atoms with Gasteiger partial charge in [0, 0.05) is 17.5 Å². The van der Waals surface area contributed by atoms with Crippen molar-refractivity contribution in [2.45, 2.75) is 37.6 Å². The summed E-state index contributed by atoms with van der Waals surface area (Å²) in [7, 11) is 3.19. The number of hydrogen-bond acceptors (Lipinski definition) is 9. The number of nitrogens with zero attached hydrogens (tertiary/aromatic N) is 5. The maximum absolute atomic E-state index is 14.0. The van der Waals surface area contributed by atoms with E-state index in [4.69, 9.17) is 14.6 Å². The molecule has 3 heterocycles. The molecule has 5 aromatic rings. The first-order chi connectivity index (χ1) is 22.9. The molecule has 10 nitrogen and oxygen atoms in total.